The maximum absolute atomic E-state index is 11.7. The van der Waals surface area contributed by atoms with Gasteiger partial charge in [-0.25, -0.2) is 14.8 Å². The first-order valence-corrected chi connectivity index (χ1v) is 21.2. The van der Waals surface area contributed by atoms with Gasteiger partial charge in [-0.1, -0.05) is 132 Å². The fraction of sp³-hybridized carbons (Fsp3) is 0.176. The molecular formula is C51H46N8O5. The molecule has 5 aromatic carbocycles. The van der Waals surface area contributed by atoms with Crippen LogP contribution in [0.3, 0.4) is 0 Å². The Bertz CT molecular complexity index is 3070. The van der Waals surface area contributed by atoms with Gasteiger partial charge in [-0.05, 0) is 84.3 Å². The van der Waals surface area contributed by atoms with Crippen molar-refractivity contribution in [3.8, 4) is 62.5 Å². The third kappa shape index (κ3) is 8.82. The summed E-state index contributed by atoms with van der Waals surface area (Å²) in [5, 5.41) is 8.46. The van der Waals surface area contributed by atoms with Gasteiger partial charge in [0.2, 0.25) is 5.82 Å². The monoisotopic (exact) mass is 850 g/mol. The Labute approximate surface area is 370 Å². The lowest BCUT2D eigenvalue weighted by atomic mass is 9.98. The molecule has 13 heteroatoms. The Balaban J connectivity index is 1.00. The number of anilines is 1. The molecule has 0 spiro atoms. The third-order valence-electron chi connectivity index (χ3n) is 10.8. The van der Waals surface area contributed by atoms with Crippen molar-refractivity contribution in [2.75, 3.05) is 18.1 Å². The van der Waals surface area contributed by atoms with Crippen LogP contribution in [0.25, 0.3) is 56.5 Å². The van der Waals surface area contributed by atoms with Crippen LogP contribution >= 0.6 is 0 Å². The molecule has 0 saturated heterocycles. The first-order chi connectivity index (χ1) is 31.3. The number of ether oxygens (including phenoxy) is 2. The summed E-state index contributed by atoms with van der Waals surface area (Å²) in [6.07, 6.45) is 2.06. The lowest BCUT2D eigenvalue weighted by Crippen LogP contribution is -2.36. The summed E-state index contributed by atoms with van der Waals surface area (Å²) >= 11 is 0. The van der Waals surface area contributed by atoms with E-state index in [-0.39, 0.29) is 0 Å². The van der Waals surface area contributed by atoms with E-state index in [9.17, 15) is 4.79 Å². The zero-order valence-electron chi connectivity index (χ0n) is 36.0. The molecule has 13 nitrogen and oxygen atoms in total. The molecule has 9 rings (SSSR count). The minimum atomic E-state index is -0.603. The van der Waals surface area contributed by atoms with E-state index in [1.807, 2.05) is 92.1 Å². The molecular weight excluding hydrogens is 805 g/mol. The minimum Gasteiger partial charge on any atom is -0.465 e. The van der Waals surface area contributed by atoms with E-state index < -0.39 is 5.76 Å². The maximum atomic E-state index is 11.7. The van der Waals surface area contributed by atoms with Crippen molar-refractivity contribution in [2.45, 2.75) is 47.3 Å². The number of nitrogens with zero attached hydrogens (tertiary/aromatic N) is 7. The van der Waals surface area contributed by atoms with Crippen LogP contribution in [0.4, 0.5) is 5.69 Å². The Kier molecular flexibility index (Phi) is 11.9. The van der Waals surface area contributed by atoms with E-state index in [0.717, 1.165) is 72.6 Å². The van der Waals surface area contributed by atoms with Crippen molar-refractivity contribution in [3.63, 3.8) is 0 Å². The van der Waals surface area contributed by atoms with Gasteiger partial charge in [0.05, 0.1) is 44.1 Å². The molecule has 0 atom stereocenters. The van der Waals surface area contributed by atoms with Crippen molar-refractivity contribution in [1.29, 1.82) is 0 Å². The highest BCUT2D eigenvalue weighted by molar-refractivity contribution is 5.98. The number of aromatic amines is 1. The highest BCUT2D eigenvalue weighted by Gasteiger charge is 2.29. The van der Waals surface area contributed by atoms with Crippen molar-refractivity contribution in [2.24, 2.45) is 4.99 Å². The molecule has 0 fully saturated rings. The summed E-state index contributed by atoms with van der Waals surface area (Å²) in [7, 11) is 0. The van der Waals surface area contributed by atoms with Gasteiger partial charge < -0.3 is 14.0 Å². The summed E-state index contributed by atoms with van der Waals surface area (Å²) in [4.78, 5) is 31.1. The standard InChI is InChI=1S/C51H46N8O5/c1-5-61-49-52-29-39-15-12-20-44(45(39)59(49)32-36-23-27-38(28-24-36)41-17-8-10-19-43(41)47-55-51(60)64-57-47)48-54-46(56-63-48)42-18-9-7-16-40(42)37-25-21-35(22-26-37)31-58-30-33(3)13-11-14-34(4)53-50(58)62-6-2/h7-28,30H,5-6,29,31-32H2,1-4H3,(H,55,57,60). The molecule has 0 saturated carbocycles. The molecule has 0 amide bonds. The molecule has 64 heavy (non-hydrogen) atoms. The number of benzene rings is 5. The summed E-state index contributed by atoms with van der Waals surface area (Å²) in [6.45, 7) is 10.4. The topological polar surface area (TPSA) is 150 Å². The van der Waals surface area contributed by atoms with Gasteiger partial charge in [0.25, 0.3) is 17.9 Å². The van der Waals surface area contributed by atoms with Crippen LogP contribution < -0.4 is 15.4 Å². The number of aliphatic imine (C=N–C) groups is 1. The summed E-state index contributed by atoms with van der Waals surface area (Å²) in [6, 6.07) is 45.7. The average Bonchev–Trinajstić information content (AvgIpc) is 4.00. The van der Waals surface area contributed by atoms with E-state index in [0.29, 0.717) is 62.4 Å². The quantitative estimate of drug-likeness (QED) is 0.126. The number of para-hydroxylation sites is 1. The number of fused-ring (bicyclic) bond motifs is 1. The first kappa shape index (κ1) is 41.3. The van der Waals surface area contributed by atoms with Crippen molar-refractivity contribution < 1.29 is 18.5 Å². The molecule has 1 aliphatic heterocycles. The second-order valence-corrected chi connectivity index (χ2v) is 15.3. The molecule has 0 aliphatic carbocycles. The van der Waals surface area contributed by atoms with Gasteiger partial charge in [0.1, 0.15) is 0 Å². The van der Waals surface area contributed by atoms with E-state index in [1.54, 1.807) is 0 Å². The minimum absolute atomic E-state index is 0.374. The van der Waals surface area contributed by atoms with Crippen LogP contribution in [-0.2, 0) is 24.4 Å². The van der Waals surface area contributed by atoms with Gasteiger partial charge in [-0.15, -0.1) is 0 Å². The number of rotatable bonds is 12. The van der Waals surface area contributed by atoms with E-state index in [2.05, 4.69) is 100 Å². The average molecular weight is 851 g/mol. The molecule has 0 unspecified atom stereocenters. The number of aromatic nitrogens is 6. The summed E-state index contributed by atoms with van der Waals surface area (Å²) in [5.41, 5.74) is 12.2. The molecule has 0 radical (unpaired) electrons. The molecule has 1 aliphatic rings. The number of nitrogens with one attached hydrogen (secondary N) is 1. The first-order valence-electron chi connectivity index (χ1n) is 21.2. The van der Waals surface area contributed by atoms with Crippen molar-refractivity contribution in [1.82, 2.24) is 29.8 Å². The number of amidine groups is 1. The summed E-state index contributed by atoms with van der Waals surface area (Å²) in [5.74, 6) is 0.634. The normalized spacial score (nSPS) is 12.1. The van der Waals surface area contributed by atoms with Gasteiger partial charge in [-0.3, -0.25) is 19.0 Å². The number of hydrogen-bond acceptors (Lipinski definition) is 11. The fourth-order valence-electron chi connectivity index (χ4n) is 7.85. The molecule has 1 N–H and O–H groups in total. The van der Waals surface area contributed by atoms with Crippen molar-refractivity contribution >= 4 is 11.7 Å². The summed E-state index contributed by atoms with van der Waals surface area (Å²) < 4.78 is 25.1. The van der Waals surface area contributed by atoms with Gasteiger partial charge in [0, 0.05) is 23.0 Å². The number of H-pyrrole nitrogens is 1. The third-order valence-corrected chi connectivity index (χ3v) is 10.8. The predicted molar refractivity (Wildman–Crippen MR) is 247 cm³/mol. The molecule has 3 aromatic heterocycles. The number of aryl methyl sites for hydroxylation is 2. The van der Waals surface area contributed by atoms with Crippen LogP contribution in [0.5, 0.6) is 6.01 Å². The second-order valence-electron chi connectivity index (χ2n) is 15.3. The largest absolute Gasteiger partial charge is 0.465 e. The second kappa shape index (κ2) is 18.5. The zero-order chi connectivity index (χ0) is 44.0. The zero-order valence-corrected chi connectivity index (χ0v) is 36.0. The van der Waals surface area contributed by atoms with E-state index in [4.69, 9.17) is 33.5 Å². The Morgan fingerprint density at radius 1 is 0.641 bits per heavy atom. The van der Waals surface area contributed by atoms with Crippen LogP contribution in [0.1, 0.15) is 41.8 Å². The highest BCUT2D eigenvalue weighted by Crippen LogP contribution is 2.40. The van der Waals surface area contributed by atoms with Crippen molar-refractivity contribution in [3.05, 3.63) is 178 Å². The van der Waals surface area contributed by atoms with Crippen LogP contribution in [0, 0.1) is 13.8 Å². The predicted octanol–water partition coefficient (Wildman–Crippen LogP) is 10.4. The van der Waals surface area contributed by atoms with Gasteiger partial charge >= 0.3 is 5.76 Å². The maximum Gasteiger partial charge on any atom is 0.439 e. The fourth-order valence-corrected chi connectivity index (χ4v) is 7.85. The highest BCUT2D eigenvalue weighted by atomic mass is 16.5. The van der Waals surface area contributed by atoms with Gasteiger partial charge in [-0.2, -0.15) is 4.98 Å². The Morgan fingerprint density at radius 3 is 1.97 bits per heavy atom. The number of hydrogen-bond donors (Lipinski definition) is 1. The van der Waals surface area contributed by atoms with E-state index >= 15 is 0 Å². The molecule has 320 valence electrons. The smallest absolute Gasteiger partial charge is 0.439 e. The van der Waals surface area contributed by atoms with Crippen LogP contribution in [0.15, 0.2) is 158 Å². The lowest BCUT2D eigenvalue weighted by molar-refractivity contribution is 0.294. The van der Waals surface area contributed by atoms with Crippen LogP contribution in [-0.4, -0.2) is 49.1 Å². The van der Waals surface area contributed by atoms with Gasteiger partial charge in [0.15, 0.2) is 5.82 Å². The lowest BCUT2D eigenvalue weighted by Gasteiger charge is -2.31. The van der Waals surface area contributed by atoms with E-state index in [1.165, 1.54) is 0 Å². The Hall–Kier alpha value is -8.06. The SMILES string of the molecule is CCOC1=NCc2cccc(-c3nc(-c4ccccc4-c4ccc(Cn5cc(C)cccc(C)nc5OCC)cc4)no3)c2N1Cc1ccc(-c2ccccc2-c2noc(=O)[nH]2)cc1. The molecule has 0 bridgehead atoms. The van der Waals surface area contributed by atoms with Crippen LogP contribution in [0.2, 0.25) is 0 Å². The molecule has 8 aromatic rings. The molecule has 4 heterocycles. The Morgan fingerprint density at radius 2 is 1.28 bits per heavy atom.